The lowest BCUT2D eigenvalue weighted by Crippen LogP contribution is -2.54. The number of pyridine rings is 1. The Bertz CT molecular complexity index is 1020. The number of rotatable bonds is 5. The van der Waals surface area contributed by atoms with Gasteiger partial charge in [-0.2, -0.15) is 0 Å². The van der Waals surface area contributed by atoms with Crippen molar-refractivity contribution < 1.29 is 23.4 Å². The Morgan fingerprint density at radius 1 is 1.14 bits per heavy atom. The molecule has 3 aliphatic rings. The first-order valence-corrected chi connectivity index (χ1v) is 12.2. The van der Waals surface area contributed by atoms with Crippen LogP contribution in [0.1, 0.15) is 26.2 Å². The second kappa shape index (κ2) is 10.9. The van der Waals surface area contributed by atoms with Crippen LogP contribution >= 0.6 is 0 Å². The second-order valence-electron chi connectivity index (χ2n) is 9.83. The summed E-state index contributed by atoms with van der Waals surface area (Å²) in [5.41, 5.74) is 1.44. The number of nitrogens with zero attached hydrogens (tertiary/aromatic N) is 4. The molecule has 0 radical (unpaired) electrons. The molecule has 1 aliphatic carbocycles. The molecule has 1 spiro atoms. The molecule has 3 fully saturated rings. The monoisotopic (exact) mass is 488 g/mol. The molecule has 5 rings (SSSR count). The number of benzene rings is 1. The molecule has 7 nitrogen and oxygen atoms in total. The zero-order valence-electron chi connectivity index (χ0n) is 20.4. The Balaban J connectivity index is 0.000000527. The number of hydrogen-bond acceptors (Lipinski definition) is 7. The van der Waals surface area contributed by atoms with E-state index in [-0.39, 0.29) is 5.75 Å². The largest absolute Gasteiger partial charge is 0.507 e. The molecule has 1 saturated carbocycles. The van der Waals surface area contributed by atoms with Crippen molar-refractivity contribution in [3.05, 3.63) is 42.1 Å². The number of halogens is 2. The summed E-state index contributed by atoms with van der Waals surface area (Å²) in [7, 11) is 2.20. The maximum Gasteiger partial charge on any atom is 0.293 e. The van der Waals surface area contributed by atoms with Crippen LogP contribution in [0.2, 0.25) is 0 Å². The zero-order valence-corrected chi connectivity index (χ0v) is 20.4. The number of piperazine rings is 1. The van der Waals surface area contributed by atoms with Gasteiger partial charge in [-0.25, -0.2) is 13.8 Å². The summed E-state index contributed by atoms with van der Waals surface area (Å²) in [6, 6.07) is 5.83. The first-order valence-electron chi connectivity index (χ1n) is 12.2. The van der Waals surface area contributed by atoms with E-state index in [4.69, 9.17) is 0 Å². The van der Waals surface area contributed by atoms with Gasteiger partial charge in [0.25, 0.3) is 6.47 Å². The Morgan fingerprint density at radius 2 is 1.89 bits per heavy atom. The summed E-state index contributed by atoms with van der Waals surface area (Å²) < 4.78 is 31.5. The number of carbonyl (C=O) groups is 1. The Kier molecular flexibility index (Phi) is 7.86. The van der Waals surface area contributed by atoms with Gasteiger partial charge in [0.05, 0.1) is 12.8 Å². The molecule has 190 valence electrons. The van der Waals surface area contributed by atoms with E-state index in [0.717, 1.165) is 32.2 Å². The first kappa shape index (κ1) is 25.3. The molecule has 3 heterocycles. The van der Waals surface area contributed by atoms with Crippen LogP contribution in [0.3, 0.4) is 0 Å². The fraction of sp³-hybridized carbons (Fsp3) is 0.538. The first-order chi connectivity index (χ1) is 16.8. The summed E-state index contributed by atoms with van der Waals surface area (Å²) in [4.78, 5) is 20.7. The van der Waals surface area contributed by atoms with Gasteiger partial charge in [0.2, 0.25) is 0 Å². The number of likely N-dealkylation sites (tertiary alicyclic amines) is 1. The predicted molar refractivity (Wildman–Crippen MR) is 130 cm³/mol. The Hall–Kier alpha value is -2.78. The molecule has 1 aromatic carbocycles. The van der Waals surface area contributed by atoms with E-state index in [1.54, 1.807) is 6.92 Å². The fourth-order valence-corrected chi connectivity index (χ4v) is 5.86. The van der Waals surface area contributed by atoms with Crippen LogP contribution in [0.15, 0.2) is 30.5 Å². The smallest absolute Gasteiger partial charge is 0.293 e. The number of phenolic OH excluding ortho intramolecular Hbond substituents is 1. The molecular weight excluding hydrogens is 454 g/mol. The van der Waals surface area contributed by atoms with Gasteiger partial charge in [0.1, 0.15) is 23.2 Å². The molecule has 2 aromatic rings. The number of hydrogen-bond donors (Lipinski definition) is 1. The van der Waals surface area contributed by atoms with Gasteiger partial charge in [-0.1, -0.05) is 0 Å². The van der Waals surface area contributed by atoms with E-state index in [9.17, 15) is 18.7 Å². The van der Waals surface area contributed by atoms with Crippen molar-refractivity contribution in [2.75, 3.05) is 57.8 Å². The minimum absolute atomic E-state index is 0.205. The Labute approximate surface area is 205 Å². The van der Waals surface area contributed by atoms with Crippen LogP contribution in [0, 0.1) is 17.0 Å². The Morgan fingerprint density at radius 3 is 2.49 bits per heavy atom. The molecule has 35 heavy (non-hydrogen) atoms. The average Bonchev–Trinajstić information content (AvgIpc) is 3.25. The van der Waals surface area contributed by atoms with Crippen LogP contribution in [0.5, 0.6) is 5.75 Å². The SMILES string of the molecule is CCOC=O.CN1CC2(CCC(N3CCN(c4ncc(F)cc4-c4ccc(F)cc4O)CC3)C2)C1. The lowest BCUT2D eigenvalue weighted by molar-refractivity contribution is -0.128. The van der Waals surface area contributed by atoms with E-state index in [0.29, 0.717) is 41.5 Å². The van der Waals surface area contributed by atoms with E-state index in [2.05, 4.69) is 31.5 Å². The van der Waals surface area contributed by atoms with Crippen LogP contribution in [-0.4, -0.2) is 85.3 Å². The van der Waals surface area contributed by atoms with Gasteiger partial charge < -0.3 is 19.6 Å². The minimum Gasteiger partial charge on any atom is -0.507 e. The van der Waals surface area contributed by atoms with Gasteiger partial charge >= 0.3 is 0 Å². The molecule has 1 atom stereocenters. The highest BCUT2D eigenvalue weighted by molar-refractivity contribution is 5.80. The summed E-state index contributed by atoms with van der Waals surface area (Å²) in [5, 5.41) is 10.2. The molecule has 9 heteroatoms. The second-order valence-corrected chi connectivity index (χ2v) is 9.83. The number of aromatic nitrogens is 1. The molecule has 0 amide bonds. The maximum absolute atomic E-state index is 14.0. The highest BCUT2D eigenvalue weighted by Gasteiger charge is 2.48. The topological polar surface area (TPSA) is 69.1 Å². The lowest BCUT2D eigenvalue weighted by Gasteiger charge is -2.47. The van der Waals surface area contributed by atoms with Crippen LogP contribution in [0.4, 0.5) is 14.6 Å². The summed E-state index contributed by atoms with van der Waals surface area (Å²) in [6.45, 7) is 8.63. The molecule has 2 saturated heterocycles. The van der Waals surface area contributed by atoms with Crippen molar-refractivity contribution in [2.24, 2.45) is 5.41 Å². The third-order valence-corrected chi connectivity index (χ3v) is 7.34. The van der Waals surface area contributed by atoms with Crippen molar-refractivity contribution in [1.82, 2.24) is 14.8 Å². The highest BCUT2D eigenvalue weighted by Crippen LogP contribution is 2.46. The third kappa shape index (κ3) is 5.73. The average molecular weight is 489 g/mol. The highest BCUT2D eigenvalue weighted by atomic mass is 19.1. The quantitative estimate of drug-likeness (QED) is 0.646. The number of phenols is 1. The molecule has 1 aromatic heterocycles. The molecule has 0 bridgehead atoms. The number of carbonyl (C=O) groups excluding carboxylic acids is 1. The molecular formula is C26H34F2N4O3. The lowest BCUT2D eigenvalue weighted by atomic mass is 9.78. The van der Waals surface area contributed by atoms with Crippen molar-refractivity contribution in [2.45, 2.75) is 32.2 Å². The van der Waals surface area contributed by atoms with Crippen LogP contribution < -0.4 is 4.90 Å². The van der Waals surface area contributed by atoms with E-state index < -0.39 is 11.6 Å². The number of aromatic hydroxyl groups is 1. The van der Waals surface area contributed by atoms with Crippen molar-refractivity contribution in [3.8, 4) is 16.9 Å². The normalized spacial score (nSPS) is 21.8. The number of ether oxygens (including phenoxy) is 1. The summed E-state index contributed by atoms with van der Waals surface area (Å²) >= 11 is 0. The van der Waals surface area contributed by atoms with Gasteiger partial charge in [-0.3, -0.25) is 9.69 Å². The van der Waals surface area contributed by atoms with Crippen molar-refractivity contribution in [1.29, 1.82) is 0 Å². The van der Waals surface area contributed by atoms with Crippen molar-refractivity contribution in [3.63, 3.8) is 0 Å². The van der Waals surface area contributed by atoms with E-state index in [1.807, 2.05) is 0 Å². The van der Waals surface area contributed by atoms with Gasteiger partial charge in [-0.15, -0.1) is 0 Å². The predicted octanol–water partition coefficient (Wildman–Crippen LogP) is 3.52. The van der Waals surface area contributed by atoms with Crippen molar-refractivity contribution >= 4 is 12.3 Å². The van der Waals surface area contributed by atoms with Crippen LogP contribution in [0.25, 0.3) is 11.1 Å². The fourth-order valence-electron chi connectivity index (χ4n) is 5.86. The zero-order chi connectivity index (χ0) is 25.0. The molecule has 1 unspecified atom stereocenters. The molecule has 1 N–H and O–H groups in total. The summed E-state index contributed by atoms with van der Waals surface area (Å²) in [6.07, 6.45) is 5.10. The standard InChI is InChI=1S/C23H28F2N4O.C3H6O2/c1-27-14-23(15-27)5-4-18(12-23)28-6-8-29(9-7-28)22-20(10-17(25)13-26-22)19-3-2-16(24)11-21(19)30;1-2-5-3-4/h2-3,10-11,13,18,30H,4-9,12,14-15H2,1H3;3H,2H2,1H3. The van der Waals surface area contributed by atoms with E-state index in [1.165, 1.54) is 56.7 Å². The van der Waals surface area contributed by atoms with E-state index >= 15 is 0 Å². The summed E-state index contributed by atoms with van der Waals surface area (Å²) in [5.74, 6) is -0.564. The third-order valence-electron chi connectivity index (χ3n) is 7.34. The minimum atomic E-state index is -0.525. The molecule has 2 aliphatic heterocycles. The van der Waals surface area contributed by atoms with Gasteiger partial charge in [0.15, 0.2) is 0 Å². The van der Waals surface area contributed by atoms with Gasteiger partial charge in [0, 0.05) is 62.5 Å². The maximum atomic E-state index is 14.0. The number of anilines is 1. The van der Waals surface area contributed by atoms with Gasteiger partial charge in [-0.05, 0) is 56.8 Å². The van der Waals surface area contributed by atoms with Crippen LogP contribution in [-0.2, 0) is 9.53 Å².